The molecule has 1 aromatic heterocycles. The molecule has 0 saturated carbocycles. The highest BCUT2D eigenvalue weighted by Gasteiger charge is 2.21. The summed E-state index contributed by atoms with van der Waals surface area (Å²) >= 11 is 0. The third-order valence-corrected chi connectivity index (χ3v) is 2.44. The fourth-order valence-electron chi connectivity index (χ4n) is 1.38. The van der Waals surface area contributed by atoms with Gasteiger partial charge in [0.2, 0.25) is 5.91 Å². The van der Waals surface area contributed by atoms with Crippen molar-refractivity contribution in [3.8, 4) is 0 Å². The monoisotopic (exact) mass is 224 g/mol. The Balaban J connectivity index is 1.96. The van der Waals surface area contributed by atoms with Crippen molar-refractivity contribution in [3.63, 3.8) is 0 Å². The van der Waals surface area contributed by atoms with Crippen molar-refractivity contribution in [2.24, 2.45) is 0 Å². The van der Waals surface area contributed by atoms with E-state index in [9.17, 15) is 9.59 Å². The molecule has 0 spiro atoms. The quantitative estimate of drug-likeness (QED) is 0.634. The van der Waals surface area contributed by atoms with Crippen LogP contribution in [0.15, 0.2) is 6.20 Å². The van der Waals surface area contributed by atoms with Gasteiger partial charge in [0.1, 0.15) is 6.54 Å². The molecule has 2 heterocycles. The minimum Gasteiger partial charge on any atom is -0.464 e. The van der Waals surface area contributed by atoms with Crippen LogP contribution in [-0.4, -0.2) is 52.0 Å². The van der Waals surface area contributed by atoms with Crippen LogP contribution in [0.1, 0.15) is 16.9 Å². The van der Waals surface area contributed by atoms with E-state index >= 15 is 0 Å². The largest absolute Gasteiger partial charge is 0.464 e. The van der Waals surface area contributed by atoms with Crippen molar-refractivity contribution >= 4 is 11.9 Å². The van der Waals surface area contributed by atoms with Crippen LogP contribution in [-0.2, 0) is 16.1 Å². The van der Waals surface area contributed by atoms with Crippen LogP contribution in [0.25, 0.3) is 0 Å². The molecule has 0 atom stereocenters. The lowest BCUT2D eigenvalue weighted by Crippen LogP contribution is -2.43. The fourth-order valence-corrected chi connectivity index (χ4v) is 1.38. The number of rotatable bonds is 3. The van der Waals surface area contributed by atoms with E-state index in [1.165, 1.54) is 18.0 Å². The Morgan fingerprint density at radius 3 is 2.81 bits per heavy atom. The number of amides is 1. The Morgan fingerprint density at radius 2 is 2.25 bits per heavy atom. The first-order chi connectivity index (χ1) is 7.70. The molecule has 2 rings (SSSR count). The van der Waals surface area contributed by atoms with Crippen molar-refractivity contribution < 1.29 is 14.3 Å². The van der Waals surface area contributed by atoms with E-state index in [1.807, 2.05) is 0 Å². The topological polar surface area (TPSA) is 77.3 Å². The molecule has 0 radical (unpaired) electrons. The van der Waals surface area contributed by atoms with E-state index in [-0.39, 0.29) is 18.1 Å². The molecule has 1 fully saturated rings. The maximum Gasteiger partial charge on any atom is 0.360 e. The molecule has 16 heavy (non-hydrogen) atoms. The van der Waals surface area contributed by atoms with Crippen LogP contribution >= 0.6 is 0 Å². The van der Waals surface area contributed by atoms with Crippen LogP contribution in [0.3, 0.4) is 0 Å². The Hall–Kier alpha value is -1.92. The average molecular weight is 224 g/mol. The lowest BCUT2D eigenvalue weighted by molar-refractivity contribution is -0.135. The summed E-state index contributed by atoms with van der Waals surface area (Å²) in [5, 5.41) is 7.30. The Morgan fingerprint density at radius 1 is 1.50 bits per heavy atom. The summed E-state index contributed by atoms with van der Waals surface area (Å²) in [7, 11) is 1.27. The van der Waals surface area contributed by atoms with Crippen molar-refractivity contribution in [1.82, 2.24) is 19.9 Å². The number of esters is 1. The van der Waals surface area contributed by atoms with E-state index in [0.717, 1.165) is 19.5 Å². The van der Waals surface area contributed by atoms with Gasteiger partial charge in [0, 0.05) is 13.1 Å². The first-order valence-electron chi connectivity index (χ1n) is 4.97. The van der Waals surface area contributed by atoms with Crippen LogP contribution in [0.4, 0.5) is 0 Å². The molecule has 0 N–H and O–H groups in total. The van der Waals surface area contributed by atoms with Crippen molar-refractivity contribution in [2.45, 2.75) is 13.0 Å². The van der Waals surface area contributed by atoms with Crippen LogP contribution in [0.2, 0.25) is 0 Å². The number of aromatic nitrogens is 3. The van der Waals surface area contributed by atoms with Gasteiger partial charge in [-0.15, -0.1) is 5.10 Å². The van der Waals surface area contributed by atoms with Gasteiger partial charge in [0.25, 0.3) is 0 Å². The Bertz CT molecular complexity index is 411. The molecule has 1 aromatic rings. The van der Waals surface area contributed by atoms with Crippen molar-refractivity contribution in [1.29, 1.82) is 0 Å². The van der Waals surface area contributed by atoms with Gasteiger partial charge in [0.05, 0.1) is 13.3 Å². The number of likely N-dealkylation sites (tertiary alicyclic amines) is 1. The minimum absolute atomic E-state index is 0.00688. The second kappa shape index (κ2) is 4.30. The zero-order chi connectivity index (χ0) is 11.5. The molecular formula is C9H12N4O3. The molecule has 1 aliphatic heterocycles. The molecular weight excluding hydrogens is 212 g/mol. The fraction of sp³-hybridized carbons (Fsp3) is 0.556. The molecule has 1 aliphatic rings. The van der Waals surface area contributed by atoms with Gasteiger partial charge in [-0.25, -0.2) is 9.48 Å². The third-order valence-electron chi connectivity index (χ3n) is 2.44. The Kier molecular flexibility index (Phi) is 2.84. The van der Waals surface area contributed by atoms with E-state index in [2.05, 4.69) is 15.0 Å². The van der Waals surface area contributed by atoms with E-state index in [1.54, 1.807) is 4.90 Å². The molecule has 1 amide bonds. The SMILES string of the molecule is COC(=O)c1cn(CC(=O)N2CCC2)nn1. The van der Waals surface area contributed by atoms with Gasteiger partial charge in [0.15, 0.2) is 5.69 Å². The van der Waals surface area contributed by atoms with Gasteiger partial charge in [-0.3, -0.25) is 4.79 Å². The molecule has 0 aliphatic carbocycles. The van der Waals surface area contributed by atoms with Gasteiger partial charge >= 0.3 is 5.97 Å². The lowest BCUT2D eigenvalue weighted by atomic mass is 10.2. The number of hydrogen-bond donors (Lipinski definition) is 0. The van der Waals surface area contributed by atoms with Crippen molar-refractivity contribution in [2.75, 3.05) is 20.2 Å². The summed E-state index contributed by atoms with van der Waals surface area (Å²) in [6.45, 7) is 1.72. The molecule has 0 bridgehead atoms. The number of hydrogen-bond acceptors (Lipinski definition) is 5. The molecule has 0 aromatic carbocycles. The number of carbonyl (C=O) groups is 2. The summed E-state index contributed by atoms with van der Waals surface area (Å²) in [4.78, 5) is 24.4. The summed E-state index contributed by atoms with van der Waals surface area (Å²) in [5.74, 6) is -0.560. The lowest BCUT2D eigenvalue weighted by Gasteiger charge is -2.30. The third kappa shape index (κ3) is 2.02. The molecule has 86 valence electrons. The Labute approximate surface area is 92.0 Å². The number of carbonyl (C=O) groups excluding carboxylic acids is 2. The van der Waals surface area contributed by atoms with Gasteiger partial charge in [-0.05, 0) is 6.42 Å². The summed E-state index contributed by atoms with van der Waals surface area (Å²) in [6, 6.07) is 0. The highest BCUT2D eigenvalue weighted by molar-refractivity contribution is 5.86. The van der Waals surface area contributed by atoms with E-state index in [4.69, 9.17) is 0 Å². The number of methoxy groups -OCH3 is 1. The maximum absolute atomic E-state index is 11.6. The maximum atomic E-state index is 11.6. The minimum atomic E-state index is -0.553. The van der Waals surface area contributed by atoms with Gasteiger partial charge in [-0.1, -0.05) is 5.21 Å². The van der Waals surface area contributed by atoms with E-state index in [0.29, 0.717) is 0 Å². The molecule has 7 nitrogen and oxygen atoms in total. The normalized spacial score (nSPS) is 14.4. The predicted octanol–water partition coefficient (Wildman–Crippen LogP) is -0.703. The predicted molar refractivity (Wildman–Crippen MR) is 52.6 cm³/mol. The molecule has 1 saturated heterocycles. The number of ether oxygens (including phenoxy) is 1. The second-order valence-corrected chi connectivity index (χ2v) is 3.53. The molecule has 0 unspecified atom stereocenters. The highest BCUT2D eigenvalue weighted by Crippen LogP contribution is 2.06. The second-order valence-electron chi connectivity index (χ2n) is 3.53. The standard InChI is InChI=1S/C9H12N4O3/c1-16-9(15)7-5-13(11-10-7)6-8(14)12-3-2-4-12/h5H,2-4,6H2,1H3. The zero-order valence-corrected chi connectivity index (χ0v) is 8.92. The smallest absolute Gasteiger partial charge is 0.360 e. The first-order valence-corrected chi connectivity index (χ1v) is 4.97. The summed E-state index contributed by atoms with van der Waals surface area (Å²) < 4.78 is 5.82. The summed E-state index contributed by atoms with van der Waals surface area (Å²) in [5.41, 5.74) is 0.110. The summed E-state index contributed by atoms with van der Waals surface area (Å²) in [6.07, 6.45) is 2.46. The van der Waals surface area contributed by atoms with Gasteiger partial charge in [-0.2, -0.15) is 0 Å². The van der Waals surface area contributed by atoms with Crippen LogP contribution in [0.5, 0.6) is 0 Å². The average Bonchev–Trinajstić information content (AvgIpc) is 2.62. The first kappa shape index (κ1) is 10.6. The van der Waals surface area contributed by atoms with Gasteiger partial charge < -0.3 is 9.64 Å². The van der Waals surface area contributed by atoms with Crippen LogP contribution < -0.4 is 0 Å². The van der Waals surface area contributed by atoms with Crippen LogP contribution in [0, 0.1) is 0 Å². The van der Waals surface area contributed by atoms with Crippen molar-refractivity contribution in [3.05, 3.63) is 11.9 Å². The molecule has 7 heteroatoms. The zero-order valence-electron chi connectivity index (χ0n) is 8.92. The number of nitrogens with zero attached hydrogens (tertiary/aromatic N) is 4. The highest BCUT2D eigenvalue weighted by atomic mass is 16.5. The van der Waals surface area contributed by atoms with E-state index < -0.39 is 5.97 Å².